The minimum absolute atomic E-state index is 0.00119. The molecule has 0 aliphatic carbocycles. The van der Waals surface area contributed by atoms with Crippen LogP contribution in [-0.2, 0) is 4.79 Å². The number of carbonyl (C=O) groups excluding carboxylic acids is 1. The van der Waals surface area contributed by atoms with E-state index in [0.29, 0.717) is 36.0 Å². The van der Waals surface area contributed by atoms with Gasteiger partial charge in [0, 0.05) is 5.69 Å². The van der Waals surface area contributed by atoms with Crippen LogP contribution < -0.4 is 14.8 Å². The molecule has 5 nitrogen and oxygen atoms in total. The smallest absolute Gasteiger partial charge is 0.266 e. The molecule has 0 aliphatic heterocycles. The van der Waals surface area contributed by atoms with Crippen LogP contribution in [0.25, 0.3) is 6.08 Å². The number of nitrogens with zero attached hydrogens (tertiary/aromatic N) is 1. The maximum atomic E-state index is 12.4. The van der Waals surface area contributed by atoms with Crippen molar-refractivity contribution in [2.45, 2.75) is 13.8 Å². The van der Waals surface area contributed by atoms with Gasteiger partial charge in [-0.15, -0.1) is 0 Å². The van der Waals surface area contributed by atoms with Gasteiger partial charge >= 0.3 is 0 Å². The molecule has 0 atom stereocenters. The second-order valence-electron chi connectivity index (χ2n) is 5.73. The van der Waals surface area contributed by atoms with Gasteiger partial charge in [-0.25, -0.2) is 0 Å². The van der Waals surface area contributed by atoms with E-state index in [-0.39, 0.29) is 5.57 Å². The van der Waals surface area contributed by atoms with Crippen LogP contribution in [0.2, 0.25) is 0 Å². The molecule has 0 saturated carbocycles. The Kier molecular flexibility index (Phi) is 7.21. The highest BCUT2D eigenvalue weighted by Gasteiger charge is 2.11. The van der Waals surface area contributed by atoms with E-state index in [1.807, 2.05) is 38.1 Å². The molecule has 0 unspecified atom stereocenters. The molecule has 0 heterocycles. The summed E-state index contributed by atoms with van der Waals surface area (Å²) in [5, 5.41) is 12.1. The lowest BCUT2D eigenvalue weighted by atomic mass is 10.1. The predicted molar refractivity (Wildman–Crippen MR) is 107 cm³/mol. The lowest BCUT2D eigenvalue weighted by molar-refractivity contribution is -0.112. The van der Waals surface area contributed by atoms with E-state index in [9.17, 15) is 10.1 Å². The first kappa shape index (κ1) is 19.8. The zero-order valence-electron chi connectivity index (χ0n) is 15.5. The number of rotatable bonds is 8. The van der Waals surface area contributed by atoms with Crippen LogP contribution in [0.4, 0.5) is 5.69 Å². The molecule has 1 amide bonds. The highest BCUT2D eigenvalue weighted by Crippen LogP contribution is 2.29. The second-order valence-corrected chi connectivity index (χ2v) is 5.73. The zero-order valence-corrected chi connectivity index (χ0v) is 15.5. The summed E-state index contributed by atoms with van der Waals surface area (Å²) in [4.78, 5) is 12.4. The summed E-state index contributed by atoms with van der Waals surface area (Å²) in [6.07, 6.45) is 3.16. The third-order valence-corrected chi connectivity index (χ3v) is 3.58. The van der Waals surface area contributed by atoms with Gasteiger partial charge in [-0.1, -0.05) is 30.9 Å². The number of anilines is 1. The van der Waals surface area contributed by atoms with Gasteiger partial charge in [-0.3, -0.25) is 4.79 Å². The van der Waals surface area contributed by atoms with Crippen molar-refractivity contribution in [1.29, 1.82) is 5.26 Å². The monoisotopic (exact) mass is 362 g/mol. The van der Waals surface area contributed by atoms with Crippen molar-refractivity contribution in [2.75, 3.05) is 18.5 Å². The van der Waals surface area contributed by atoms with Crippen molar-refractivity contribution < 1.29 is 14.3 Å². The van der Waals surface area contributed by atoms with Gasteiger partial charge in [0.25, 0.3) is 5.91 Å². The van der Waals surface area contributed by atoms with E-state index in [4.69, 9.17) is 9.47 Å². The summed E-state index contributed by atoms with van der Waals surface area (Å²) in [7, 11) is 0. The fourth-order valence-electron chi connectivity index (χ4n) is 2.39. The van der Waals surface area contributed by atoms with E-state index >= 15 is 0 Å². The molecule has 0 aliphatic rings. The summed E-state index contributed by atoms with van der Waals surface area (Å²) in [6, 6.07) is 14.6. The standard InChI is InChI=1S/C22H22N2O3/c1-4-11-27-20-10-9-17(14-21(20)26-5-2)13-18(15-23)22(25)24-19-8-6-7-16(3)12-19/h4,6-10,12-14H,1,5,11H2,2-3H3,(H,24,25)/b18-13-. The van der Waals surface area contributed by atoms with Crippen LogP contribution in [0.5, 0.6) is 11.5 Å². The Morgan fingerprint density at radius 1 is 1.22 bits per heavy atom. The van der Waals surface area contributed by atoms with Gasteiger partial charge in [0.05, 0.1) is 6.61 Å². The maximum absolute atomic E-state index is 12.4. The van der Waals surface area contributed by atoms with E-state index in [1.165, 1.54) is 6.08 Å². The number of aryl methyl sites for hydroxylation is 1. The van der Waals surface area contributed by atoms with Gasteiger partial charge in [0.1, 0.15) is 18.2 Å². The van der Waals surface area contributed by atoms with Gasteiger partial charge in [-0.05, 0) is 55.3 Å². The van der Waals surface area contributed by atoms with E-state index < -0.39 is 5.91 Å². The van der Waals surface area contributed by atoms with Crippen molar-refractivity contribution >= 4 is 17.7 Å². The van der Waals surface area contributed by atoms with Crippen molar-refractivity contribution in [3.8, 4) is 17.6 Å². The first-order valence-corrected chi connectivity index (χ1v) is 8.57. The number of amides is 1. The lowest BCUT2D eigenvalue weighted by Gasteiger charge is -2.11. The van der Waals surface area contributed by atoms with Crippen LogP contribution >= 0.6 is 0 Å². The first-order valence-electron chi connectivity index (χ1n) is 8.57. The summed E-state index contributed by atoms with van der Waals surface area (Å²) < 4.78 is 11.1. The third-order valence-electron chi connectivity index (χ3n) is 3.58. The molecular formula is C22H22N2O3. The second kappa shape index (κ2) is 9.83. The molecule has 0 aromatic heterocycles. The third kappa shape index (κ3) is 5.75. The average molecular weight is 362 g/mol. The van der Waals surface area contributed by atoms with Crippen LogP contribution in [0.3, 0.4) is 0 Å². The van der Waals surface area contributed by atoms with Crippen LogP contribution in [0.15, 0.2) is 60.7 Å². The molecule has 27 heavy (non-hydrogen) atoms. The minimum atomic E-state index is -0.465. The van der Waals surface area contributed by atoms with Gasteiger partial charge in [0.2, 0.25) is 0 Å². The fraction of sp³-hybridized carbons (Fsp3) is 0.182. The Morgan fingerprint density at radius 3 is 2.70 bits per heavy atom. The normalized spacial score (nSPS) is 10.6. The number of carbonyl (C=O) groups is 1. The summed E-state index contributed by atoms with van der Waals surface area (Å²) in [6.45, 7) is 8.25. The molecule has 2 aromatic carbocycles. The average Bonchev–Trinajstić information content (AvgIpc) is 2.65. The van der Waals surface area contributed by atoms with Gasteiger partial charge in [0.15, 0.2) is 11.5 Å². The number of benzene rings is 2. The molecule has 0 saturated heterocycles. The SMILES string of the molecule is C=CCOc1ccc(/C=C(/C#N)C(=O)Nc2cccc(C)c2)cc1OCC. The Labute approximate surface area is 159 Å². The molecule has 0 bridgehead atoms. The van der Waals surface area contributed by atoms with Crippen LogP contribution in [-0.4, -0.2) is 19.1 Å². The van der Waals surface area contributed by atoms with Crippen molar-refractivity contribution in [1.82, 2.24) is 0 Å². The number of nitrogens with one attached hydrogen (secondary N) is 1. The molecule has 138 valence electrons. The maximum Gasteiger partial charge on any atom is 0.266 e. The topological polar surface area (TPSA) is 71.3 Å². The number of hydrogen-bond donors (Lipinski definition) is 1. The Morgan fingerprint density at radius 2 is 2.04 bits per heavy atom. The quantitative estimate of drug-likeness (QED) is 0.426. The summed E-state index contributed by atoms with van der Waals surface area (Å²) in [5.41, 5.74) is 2.33. The van der Waals surface area contributed by atoms with Crippen LogP contribution in [0, 0.1) is 18.3 Å². The number of ether oxygens (including phenoxy) is 2. The predicted octanol–water partition coefficient (Wildman–Crippen LogP) is 4.50. The zero-order chi connectivity index (χ0) is 19.6. The summed E-state index contributed by atoms with van der Waals surface area (Å²) in [5.74, 6) is 0.661. The highest BCUT2D eigenvalue weighted by molar-refractivity contribution is 6.09. The molecule has 2 rings (SSSR count). The van der Waals surface area contributed by atoms with Gasteiger partial charge < -0.3 is 14.8 Å². The first-order chi connectivity index (χ1) is 13.1. The van der Waals surface area contributed by atoms with Crippen molar-refractivity contribution in [3.05, 3.63) is 71.8 Å². The molecule has 0 fully saturated rings. The highest BCUT2D eigenvalue weighted by atomic mass is 16.5. The van der Waals surface area contributed by atoms with E-state index in [2.05, 4.69) is 11.9 Å². The Balaban J connectivity index is 2.25. The van der Waals surface area contributed by atoms with Crippen molar-refractivity contribution in [3.63, 3.8) is 0 Å². The molecule has 0 radical (unpaired) electrons. The van der Waals surface area contributed by atoms with Gasteiger partial charge in [-0.2, -0.15) is 5.26 Å². The fourth-order valence-corrected chi connectivity index (χ4v) is 2.39. The van der Waals surface area contributed by atoms with E-state index in [0.717, 1.165) is 5.56 Å². The van der Waals surface area contributed by atoms with Crippen LogP contribution in [0.1, 0.15) is 18.1 Å². The molecule has 1 N–H and O–H groups in total. The Bertz CT molecular complexity index is 895. The minimum Gasteiger partial charge on any atom is -0.490 e. The largest absolute Gasteiger partial charge is 0.490 e. The lowest BCUT2D eigenvalue weighted by Crippen LogP contribution is -2.13. The number of nitriles is 1. The molecule has 0 spiro atoms. The number of hydrogen-bond acceptors (Lipinski definition) is 4. The molecule has 2 aromatic rings. The van der Waals surface area contributed by atoms with E-state index in [1.54, 1.807) is 30.3 Å². The molecular weight excluding hydrogens is 340 g/mol. The van der Waals surface area contributed by atoms with Crippen molar-refractivity contribution in [2.24, 2.45) is 0 Å². The Hall–Kier alpha value is -3.52. The molecule has 5 heteroatoms. The summed E-state index contributed by atoms with van der Waals surface area (Å²) >= 11 is 0.